The Morgan fingerprint density at radius 1 is 1.56 bits per heavy atom. The lowest BCUT2D eigenvalue weighted by Crippen LogP contribution is -1.96. The van der Waals surface area contributed by atoms with Gasteiger partial charge in [0.2, 0.25) is 6.29 Å². The fourth-order valence-corrected chi connectivity index (χ4v) is 0.543. The van der Waals surface area contributed by atoms with Crippen molar-refractivity contribution in [3.63, 3.8) is 0 Å². The maximum Gasteiger partial charge on any atom is 0.206 e. The van der Waals surface area contributed by atoms with E-state index in [2.05, 4.69) is 0 Å². The van der Waals surface area contributed by atoms with E-state index in [4.69, 9.17) is 0 Å². The van der Waals surface area contributed by atoms with Gasteiger partial charge in [0.05, 0.1) is 6.42 Å². The van der Waals surface area contributed by atoms with E-state index in [-0.39, 0.29) is 12.2 Å². The summed E-state index contributed by atoms with van der Waals surface area (Å²) in [5.74, 6) is 0.00634. The van der Waals surface area contributed by atoms with Crippen molar-refractivity contribution in [2.75, 3.05) is 0 Å². The van der Waals surface area contributed by atoms with Crippen molar-refractivity contribution in [1.82, 2.24) is 0 Å². The van der Waals surface area contributed by atoms with Gasteiger partial charge in [-0.3, -0.25) is 9.59 Å². The van der Waals surface area contributed by atoms with E-state index in [1.54, 1.807) is 6.29 Å². The van der Waals surface area contributed by atoms with Gasteiger partial charge in [0.1, 0.15) is 5.78 Å². The first-order valence-electron chi connectivity index (χ1n) is 3.18. The largest absolute Gasteiger partial charge is 0.299 e. The van der Waals surface area contributed by atoms with Gasteiger partial charge in [-0.15, -0.1) is 0 Å². The smallest absolute Gasteiger partial charge is 0.206 e. The van der Waals surface area contributed by atoms with Gasteiger partial charge in [-0.25, -0.2) is 0 Å². The fourth-order valence-electron chi connectivity index (χ4n) is 0.543. The topological polar surface area (TPSA) is 34.1 Å². The molecule has 0 saturated carbocycles. The van der Waals surface area contributed by atoms with Crippen molar-refractivity contribution in [2.45, 2.75) is 32.6 Å². The zero-order valence-electron chi connectivity index (χ0n) is 5.64. The molecule has 0 N–H and O–H groups in total. The number of ketones is 1. The molecule has 0 bridgehead atoms. The van der Waals surface area contributed by atoms with Gasteiger partial charge in [-0.05, 0) is 6.42 Å². The molecule has 0 aliphatic heterocycles. The standard InChI is InChI=1S/C7H11O2/c1-2-3-4-7(9)5-6-8/h2-5H2,1H3. The zero-order valence-corrected chi connectivity index (χ0v) is 5.64. The molecule has 0 aliphatic rings. The summed E-state index contributed by atoms with van der Waals surface area (Å²) in [6.45, 7) is 2.01. The summed E-state index contributed by atoms with van der Waals surface area (Å²) in [5, 5.41) is 0. The summed E-state index contributed by atoms with van der Waals surface area (Å²) in [6.07, 6.45) is 3.98. The maximum absolute atomic E-state index is 10.5. The SMILES string of the molecule is CCCCC(=O)C[C]=O. The van der Waals surface area contributed by atoms with E-state index in [1.807, 2.05) is 6.92 Å². The molecule has 0 atom stereocenters. The monoisotopic (exact) mass is 127 g/mol. The molecule has 51 valence electrons. The van der Waals surface area contributed by atoms with Crippen LogP contribution in [0.25, 0.3) is 0 Å². The summed E-state index contributed by atoms with van der Waals surface area (Å²) < 4.78 is 0. The van der Waals surface area contributed by atoms with Crippen LogP contribution in [0, 0.1) is 0 Å². The summed E-state index contributed by atoms with van der Waals surface area (Å²) in [4.78, 5) is 20.2. The van der Waals surface area contributed by atoms with Gasteiger partial charge in [0.25, 0.3) is 0 Å². The Bertz CT molecular complexity index is 97.1. The second-order valence-corrected chi connectivity index (χ2v) is 1.96. The van der Waals surface area contributed by atoms with Crippen molar-refractivity contribution in [3.8, 4) is 0 Å². The molecular weight excluding hydrogens is 116 g/mol. The van der Waals surface area contributed by atoms with Gasteiger partial charge in [-0.1, -0.05) is 13.3 Å². The molecule has 2 heteroatoms. The van der Waals surface area contributed by atoms with E-state index in [0.29, 0.717) is 6.42 Å². The molecule has 2 nitrogen and oxygen atoms in total. The zero-order chi connectivity index (χ0) is 7.11. The number of carbonyl (C=O) groups excluding carboxylic acids is 2. The highest BCUT2D eigenvalue weighted by molar-refractivity contribution is 5.89. The van der Waals surface area contributed by atoms with Crippen molar-refractivity contribution in [1.29, 1.82) is 0 Å². The van der Waals surface area contributed by atoms with Crippen molar-refractivity contribution in [3.05, 3.63) is 0 Å². The van der Waals surface area contributed by atoms with E-state index < -0.39 is 0 Å². The Balaban J connectivity index is 3.16. The van der Waals surface area contributed by atoms with Crippen LogP contribution < -0.4 is 0 Å². The minimum absolute atomic E-state index is 0.00634. The quantitative estimate of drug-likeness (QED) is 0.521. The molecule has 0 saturated heterocycles. The van der Waals surface area contributed by atoms with E-state index >= 15 is 0 Å². The van der Waals surface area contributed by atoms with Crippen LogP contribution in [0.5, 0.6) is 0 Å². The number of hydrogen-bond donors (Lipinski definition) is 0. The number of rotatable bonds is 5. The minimum Gasteiger partial charge on any atom is -0.299 e. The van der Waals surface area contributed by atoms with Gasteiger partial charge in [-0.2, -0.15) is 0 Å². The van der Waals surface area contributed by atoms with Crippen LogP contribution in [-0.4, -0.2) is 12.1 Å². The Morgan fingerprint density at radius 3 is 2.67 bits per heavy atom. The molecule has 0 aromatic heterocycles. The number of unbranched alkanes of at least 4 members (excludes halogenated alkanes) is 1. The van der Waals surface area contributed by atoms with Crippen LogP contribution in [0.2, 0.25) is 0 Å². The van der Waals surface area contributed by atoms with E-state index in [0.717, 1.165) is 12.8 Å². The second kappa shape index (κ2) is 5.48. The number of hydrogen-bond acceptors (Lipinski definition) is 2. The lowest BCUT2D eigenvalue weighted by atomic mass is 10.1. The maximum atomic E-state index is 10.5. The van der Waals surface area contributed by atoms with Gasteiger partial charge in [0, 0.05) is 6.42 Å². The van der Waals surface area contributed by atoms with Crippen LogP contribution >= 0.6 is 0 Å². The molecule has 1 radical (unpaired) electrons. The predicted octanol–water partition coefficient (Wildman–Crippen LogP) is 1.25. The first-order valence-corrected chi connectivity index (χ1v) is 3.18. The average molecular weight is 127 g/mol. The summed E-state index contributed by atoms with van der Waals surface area (Å²) in [6, 6.07) is 0. The Hall–Kier alpha value is -0.660. The van der Waals surface area contributed by atoms with Crippen molar-refractivity contribution >= 4 is 12.1 Å². The summed E-state index contributed by atoms with van der Waals surface area (Å²) in [7, 11) is 0. The Morgan fingerprint density at radius 2 is 2.22 bits per heavy atom. The highest BCUT2D eigenvalue weighted by Gasteiger charge is 1.98. The van der Waals surface area contributed by atoms with Crippen molar-refractivity contribution in [2.24, 2.45) is 0 Å². The number of carbonyl (C=O) groups is 1. The van der Waals surface area contributed by atoms with Gasteiger partial charge in [0.15, 0.2) is 0 Å². The highest BCUT2D eigenvalue weighted by Crippen LogP contribution is 1.96. The van der Waals surface area contributed by atoms with Crippen LogP contribution in [0.15, 0.2) is 0 Å². The minimum atomic E-state index is -0.0278. The molecule has 0 aliphatic carbocycles. The Labute approximate surface area is 55.3 Å². The first kappa shape index (κ1) is 8.34. The third-order valence-electron chi connectivity index (χ3n) is 1.08. The highest BCUT2D eigenvalue weighted by atomic mass is 16.1. The molecule has 0 fully saturated rings. The van der Waals surface area contributed by atoms with Gasteiger partial charge >= 0.3 is 0 Å². The van der Waals surface area contributed by atoms with Crippen LogP contribution in [0.3, 0.4) is 0 Å². The lowest BCUT2D eigenvalue weighted by molar-refractivity contribution is -0.118. The average Bonchev–Trinajstić information content (AvgIpc) is 1.85. The van der Waals surface area contributed by atoms with Crippen LogP contribution in [-0.2, 0) is 9.59 Å². The van der Waals surface area contributed by atoms with E-state index in [9.17, 15) is 9.59 Å². The summed E-state index contributed by atoms with van der Waals surface area (Å²) in [5.41, 5.74) is 0. The molecule has 0 unspecified atom stereocenters. The number of Topliss-reactive ketones (excluding diaryl/α,β-unsaturated/α-hetero) is 1. The Kier molecular flexibility index (Phi) is 5.07. The third kappa shape index (κ3) is 5.21. The predicted molar refractivity (Wildman–Crippen MR) is 34.8 cm³/mol. The second-order valence-electron chi connectivity index (χ2n) is 1.96. The molecule has 9 heavy (non-hydrogen) atoms. The lowest BCUT2D eigenvalue weighted by Gasteiger charge is -1.90. The molecule has 0 rings (SSSR count). The van der Waals surface area contributed by atoms with Crippen LogP contribution in [0.4, 0.5) is 0 Å². The van der Waals surface area contributed by atoms with Crippen LogP contribution in [0.1, 0.15) is 32.6 Å². The van der Waals surface area contributed by atoms with E-state index in [1.165, 1.54) is 0 Å². The summed E-state index contributed by atoms with van der Waals surface area (Å²) >= 11 is 0. The molecule has 0 amide bonds. The third-order valence-corrected chi connectivity index (χ3v) is 1.08. The fraction of sp³-hybridized carbons (Fsp3) is 0.714. The van der Waals surface area contributed by atoms with Crippen molar-refractivity contribution < 1.29 is 9.59 Å². The molecule has 0 aromatic carbocycles. The first-order chi connectivity index (χ1) is 4.31. The normalized spacial score (nSPS) is 9.00. The molecule has 0 aromatic rings. The molecule has 0 spiro atoms. The molecular formula is C7H11O2. The molecule has 0 heterocycles. The van der Waals surface area contributed by atoms with Gasteiger partial charge < -0.3 is 0 Å².